The van der Waals surface area contributed by atoms with E-state index >= 15 is 0 Å². The Labute approximate surface area is 110 Å². The van der Waals surface area contributed by atoms with Crippen LogP contribution in [0.1, 0.15) is 21.7 Å². The molecule has 1 heterocycles. The molecule has 18 heavy (non-hydrogen) atoms. The van der Waals surface area contributed by atoms with Crippen molar-refractivity contribution in [2.75, 3.05) is 6.26 Å². The Morgan fingerprint density at radius 1 is 1.50 bits per heavy atom. The van der Waals surface area contributed by atoms with Crippen molar-refractivity contribution in [3.63, 3.8) is 0 Å². The maximum atomic E-state index is 11.9. The number of benzene rings is 1. The highest BCUT2D eigenvalue weighted by atomic mass is 32.2. The molecule has 0 aliphatic carbocycles. The molecule has 2 aromatic rings. The summed E-state index contributed by atoms with van der Waals surface area (Å²) in [6.45, 7) is 0.415. The minimum absolute atomic E-state index is 0.0747. The number of aromatic amines is 1. The lowest BCUT2D eigenvalue weighted by Gasteiger charge is -2.05. The Morgan fingerprint density at radius 2 is 2.39 bits per heavy atom. The van der Waals surface area contributed by atoms with Crippen molar-refractivity contribution >= 4 is 17.7 Å². The van der Waals surface area contributed by atoms with Gasteiger partial charge in [0.1, 0.15) is 5.82 Å². The summed E-state index contributed by atoms with van der Waals surface area (Å²) in [6.07, 6.45) is 5.45. The zero-order chi connectivity index (χ0) is 12.8. The molecule has 5 heteroatoms. The second kappa shape index (κ2) is 6.26. The molecule has 0 spiro atoms. The fourth-order valence-electron chi connectivity index (χ4n) is 1.63. The van der Waals surface area contributed by atoms with E-state index in [1.54, 1.807) is 24.2 Å². The van der Waals surface area contributed by atoms with Gasteiger partial charge in [-0.3, -0.25) is 4.79 Å². The molecule has 0 radical (unpaired) electrons. The molecule has 1 amide bonds. The lowest BCUT2D eigenvalue weighted by Crippen LogP contribution is -2.23. The standard InChI is InChI=1S/C13H15N3OS/c1-18-9-10-3-2-4-11(7-10)13(17)16-8-12-14-5-6-15-12/h2-7H,8-9H2,1H3,(H,14,15)(H,16,17). The molecule has 2 rings (SSSR count). The van der Waals surface area contributed by atoms with E-state index in [4.69, 9.17) is 0 Å². The van der Waals surface area contributed by atoms with Crippen molar-refractivity contribution < 1.29 is 4.79 Å². The summed E-state index contributed by atoms with van der Waals surface area (Å²) in [5.74, 6) is 1.59. The average molecular weight is 261 g/mol. The molecule has 94 valence electrons. The molecule has 1 aromatic heterocycles. The van der Waals surface area contributed by atoms with Gasteiger partial charge in [-0.2, -0.15) is 11.8 Å². The minimum atomic E-state index is -0.0747. The van der Waals surface area contributed by atoms with E-state index in [2.05, 4.69) is 15.3 Å². The van der Waals surface area contributed by atoms with Crippen LogP contribution < -0.4 is 5.32 Å². The Balaban J connectivity index is 1.97. The first kappa shape index (κ1) is 12.7. The molecule has 0 atom stereocenters. The van der Waals surface area contributed by atoms with Gasteiger partial charge >= 0.3 is 0 Å². The van der Waals surface area contributed by atoms with E-state index in [1.165, 1.54) is 0 Å². The summed E-state index contributed by atoms with van der Waals surface area (Å²) in [5, 5.41) is 2.83. The van der Waals surface area contributed by atoms with Crippen LogP contribution in [0.2, 0.25) is 0 Å². The van der Waals surface area contributed by atoms with Crippen LogP contribution in [0.4, 0.5) is 0 Å². The molecule has 1 aromatic carbocycles. The second-order valence-electron chi connectivity index (χ2n) is 3.85. The van der Waals surface area contributed by atoms with Crippen LogP contribution in [0, 0.1) is 0 Å². The Hall–Kier alpha value is -1.75. The number of imidazole rings is 1. The number of thioether (sulfide) groups is 1. The predicted octanol–water partition coefficient (Wildman–Crippen LogP) is 2.20. The summed E-state index contributed by atoms with van der Waals surface area (Å²) in [4.78, 5) is 18.9. The number of carbonyl (C=O) groups excluding carboxylic acids is 1. The molecular formula is C13H15N3OS. The summed E-state index contributed by atoms with van der Waals surface area (Å²) in [5.41, 5.74) is 1.85. The van der Waals surface area contributed by atoms with Crippen LogP contribution in [0.15, 0.2) is 36.7 Å². The maximum absolute atomic E-state index is 11.9. The molecule has 0 aliphatic rings. The molecule has 0 saturated heterocycles. The van der Waals surface area contributed by atoms with Gasteiger partial charge in [-0.15, -0.1) is 0 Å². The zero-order valence-corrected chi connectivity index (χ0v) is 11.0. The van der Waals surface area contributed by atoms with Gasteiger partial charge in [0.25, 0.3) is 5.91 Å². The van der Waals surface area contributed by atoms with Gasteiger partial charge in [0.2, 0.25) is 0 Å². The van der Waals surface area contributed by atoms with Gasteiger partial charge in [-0.1, -0.05) is 12.1 Å². The lowest BCUT2D eigenvalue weighted by atomic mass is 10.1. The average Bonchev–Trinajstić information content (AvgIpc) is 2.90. The quantitative estimate of drug-likeness (QED) is 0.867. The summed E-state index contributed by atoms with van der Waals surface area (Å²) >= 11 is 1.74. The van der Waals surface area contributed by atoms with Gasteiger partial charge in [0.15, 0.2) is 0 Å². The van der Waals surface area contributed by atoms with Crippen LogP contribution >= 0.6 is 11.8 Å². The molecule has 0 saturated carbocycles. The van der Waals surface area contributed by atoms with Crippen molar-refractivity contribution in [3.05, 3.63) is 53.6 Å². The van der Waals surface area contributed by atoms with Gasteiger partial charge in [0.05, 0.1) is 6.54 Å². The number of carbonyl (C=O) groups is 1. The van der Waals surface area contributed by atoms with Crippen LogP contribution in [0.25, 0.3) is 0 Å². The molecule has 0 fully saturated rings. The van der Waals surface area contributed by atoms with E-state index in [0.29, 0.717) is 12.1 Å². The largest absolute Gasteiger partial charge is 0.347 e. The first-order valence-electron chi connectivity index (χ1n) is 5.64. The SMILES string of the molecule is CSCc1cccc(C(=O)NCc2ncc[nH]2)c1. The smallest absolute Gasteiger partial charge is 0.251 e. The number of aromatic nitrogens is 2. The Bertz CT molecular complexity index is 511. The predicted molar refractivity (Wildman–Crippen MR) is 73.4 cm³/mol. The molecule has 0 unspecified atom stereocenters. The number of amides is 1. The van der Waals surface area contributed by atoms with Crippen LogP contribution in [-0.2, 0) is 12.3 Å². The monoisotopic (exact) mass is 261 g/mol. The lowest BCUT2D eigenvalue weighted by molar-refractivity contribution is 0.0950. The number of rotatable bonds is 5. The highest BCUT2D eigenvalue weighted by Crippen LogP contribution is 2.11. The molecule has 4 nitrogen and oxygen atoms in total. The highest BCUT2D eigenvalue weighted by molar-refractivity contribution is 7.97. The van der Waals surface area contributed by atoms with Gasteiger partial charge in [-0.05, 0) is 24.0 Å². The highest BCUT2D eigenvalue weighted by Gasteiger charge is 2.06. The first-order chi connectivity index (χ1) is 8.79. The van der Waals surface area contributed by atoms with Gasteiger partial charge < -0.3 is 10.3 Å². The fourth-order valence-corrected chi connectivity index (χ4v) is 2.14. The summed E-state index contributed by atoms with van der Waals surface area (Å²) < 4.78 is 0. The normalized spacial score (nSPS) is 10.3. The van der Waals surface area contributed by atoms with E-state index in [9.17, 15) is 4.79 Å². The van der Waals surface area contributed by atoms with Crippen LogP contribution in [-0.4, -0.2) is 22.1 Å². The maximum Gasteiger partial charge on any atom is 0.251 e. The van der Waals surface area contributed by atoms with Crippen molar-refractivity contribution in [3.8, 4) is 0 Å². The summed E-state index contributed by atoms with van der Waals surface area (Å²) in [6, 6.07) is 7.68. The number of hydrogen-bond acceptors (Lipinski definition) is 3. The Kier molecular flexibility index (Phi) is 4.41. The molecule has 2 N–H and O–H groups in total. The number of H-pyrrole nitrogens is 1. The topological polar surface area (TPSA) is 57.8 Å². The second-order valence-corrected chi connectivity index (χ2v) is 4.72. The van der Waals surface area contributed by atoms with Crippen molar-refractivity contribution in [1.29, 1.82) is 0 Å². The molecular weight excluding hydrogens is 246 g/mol. The number of nitrogens with zero attached hydrogens (tertiary/aromatic N) is 1. The van der Waals surface area contributed by atoms with Gasteiger partial charge in [0, 0.05) is 23.7 Å². The third kappa shape index (κ3) is 3.37. The van der Waals surface area contributed by atoms with Gasteiger partial charge in [-0.25, -0.2) is 4.98 Å². The van der Waals surface area contributed by atoms with Crippen molar-refractivity contribution in [2.24, 2.45) is 0 Å². The summed E-state index contributed by atoms with van der Waals surface area (Å²) in [7, 11) is 0. The van der Waals surface area contributed by atoms with E-state index in [-0.39, 0.29) is 5.91 Å². The van der Waals surface area contributed by atoms with Crippen molar-refractivity contribution in [1.82, 2.24) is 15.3 Å². The first-order valence-corrected chi connectivity index (χ1v) is 7.03. The molecule has 0 bridgehead atoms. The van der Waals surface area contributed by atoms with Crippen LogP contribution in [0.5, 0.6) is 0 Å². The zero-order valence-electron chi connectivity index (χ0n) is 10.1. The number of hydrogen-bond donors (Lipinski definition) is 2. The minimum Gasteiger partial charge on any atom is -0.347 e. The Morgan fingerprint density at radius 3 is 3.11 bits per heavy atom. The third-order valence-electron chi connectivity index (χ3n) is 2.47. The van der Waals surface area contributed by atoms with Crippen LogP contribution in [0.3, 0.4) is 0 Å². The third-order valence-corrected chi connectivity index (χ3v) is 3.09. The van der Waals surface area contributed by atoms with E-state index < -0.39 is 0 Å². The molecule has 0 aliphatic heterocycles. The van der Waals surface area contributed by atoms with E-state index in [0.717, 1.165) is 17.1 Å². The van der Waals surface area contributed by atoms with E-state index in [1.807, 2.05) is 30.5 Å². The fraction of sp³-hybridized carbons (Fsp3) is 0.231. The number of nitrogens with one attached hydrogen (secondary N) is 2. The van der Waals surface area contributed by atoms with Crippen molar-refractivity contribution in [2.45, 2.75) is 12.3 Å².